The van der Waals surface area contributed by atoms with Gasteiger partial charge >= 0.3 is 0 Å². The summed E-state index contributed by atoms with van der Waals surface area (Å²) in [7, 11) is 0. The minimum Gasteiger partial charge on any atom is -0.299 e. The van der Waals surface area contributed by atoms with Crippen molar-refractivity contribution in [1.29, 1.82) is 0 Å². The second-order valence-electron chi connectivity index (χ2n) is 5.81. The summed E-state index contributed by atoms with van der Waals surface area (Å²) in [5, 5.41) is 0. The van der Waals surface area contributed by atoms with E-state index in [9.17, 15) is 4.79 Å². The van der Waals surface area contributed by atoms with Crippen LogP contribution in [0, 0.1) is 5.92 Å². The Balaban J connectivity index is 2.04. The number of carbonyl (C=O) groups excluding carboxylic acids is 1. The first kappa shape index (κ1) is 12.8. The van der Waals surface area contributed by atoms with Crippen LogP contribution in [0.4, 0.5) is 0 Å². The molecule has 0 spiro atoms. The third-order valence-corrected chi connectivity index (χ3v) is 4.20. The zero-order valence-electron chi connectivity index (χ0n) is 11.1. The molecule has 2 rings (SSSR count). The summed E-state index contributed by atoms with van der Waals surface area (Å²) in [6.07, 6.45) is 8.09. The van der Waals surface area contributed by atoms with Crippen molar-refractivity contribution in [3.63, 3.8) is 0 Å². The molecule has 0 aromatic rings. The van der Waals surface area contributed by atoms with Crippen molar-refractivity contribution in [2.24, 2.45) is 5.92 Å². The highest BCUT2D eigenvalue weighted by atomic mass is 16.1. The first-order valence-corrected chi connectivity index (χ1v) is 7.09. The van der Waals surface area contributed by atoms with Crippen LogP contribution in [0.15, 0.2) is 12.2 Å². The van der Waals surface area contributed by atoms with Crippen LogP contribution < -0.4 is 0 Å². The quantitative estimate of drug-likeness (QED) is 0.700. The van der Waals surface area contributed by atoms with Gasteiger partial charge in [-0.1, -0.05) is 25.0 Å². The molecule has 0 amide bonds. The molecular formula is C15H25NO. The van der Waals surface area contributed by atoms with E-state index in [-0.39, 0.29) is 0 Å². The molecule has 96 valence electrons. The summed E-state index contributed by atoms with van der Waals surface area (Å²) in [6.45, 7) is 8.25. The molecule has 2 atom stereocenters. The van der Waals surface area contributed by atoms with E-state index in [1.165, 1.54) is 31.3 Å². The van der Waals surface area contributed by atoms with E-state index in [1.54, 1.807) is 0 Å². The lowest BCUT2D eigenvalue weighted by Crippen LogP contribution is -2.47. The van der Waals surface area contributed by atoms with E-state index in [2.05, 4.69) is 18.4 Å². The van der Waals surface area contributed by atoms with Gasteiger partial charge in [0, 0.05) is 24.9 Å². The SMILES string of the molecule is C=C(C)CN1CCCCC1C1CCCCC1=O. The maximum atomic E-state index is 12.1. The van der Waals surface area contributed by atoms with Gasteiger partial charge in [0.05, 0.1) is 0 Å². The summed E-state index contributed by atoms with van der Waals surface area (Å²) in [4.78, 5) is 14.6. The molecule has 2 heteroatoms. The number of hydrogen-bond acceptors (Lipinski definition) is 2. The minimum absolute atomic E-state index is 0.323. The minimum atomic E-state index is 0.323. The van der Waals surface area contributed by atoms with E-state index in [4.69, 9.17) is 0 Å². The van der Waals surface area contributed by atoms with E-state index in [0.717, 1.165) is 32.4 Å². The summed E-state index contributed by atoms with van der Waals surface area (Å²) in [5.74, 6) is 0.846. The molecule has 0 aromatic heterocycles. The fraction of sp³-hybridized carbons (Fsp3) is 0.800. The van der Waals surface area contributed by atoms with Crippen LogP contribution in [0.1, 0.15) is 51.9 Å². The molecule has 2 nitrogen and oxygen atoms in total. The molecule has 0 bridgehead atoms. The van der Waals surface area contributed by atoms with Gasteiger partial charge in [0.1, 0.15) is 5.78 Å². The van der Waals surface area contributed by atoms with Crippen LogP contribution in [-0.2, 0) is 4.79 Å². The van der Waals surface area contributed by atoms with Gasteiger partial charge in [-0.05, 0) is 39.2 Å². The largest absolute Gasteiger partial charge is 0.299 e. The van der Waals surface area contributed by atoms with Gasteiger partial charge in [-0.2, -0.15) is 0 Å². The lowest BCUT2D eigenvalue weighted by Gasteiger charge is -2.41. The first-order chi connectivity index (χ1) is 8.18. The molecule has 17 heavy (non-hydrogen) atoms. The number of ketones is 1. The number of likely N-dealkylation sites (tertiary alicyclic amines) is 1. The van der Waals surface area contributed by atoms with Gasteiger partial charge in [0.2, 0.25) is 0 Å². The highest BCUT2D eigenvalue weighted by Crippen LogP contribution is 2.31. The van der Waals surface area contributed by atoms with Crippen LogP contribution in [0.2, 0.25) is 0 Å². The normalized spacial score (nSPS) is 31.5. The highest BCUT2D eigenvalue weighted by Gasteiger charge is 2.34. The van der Waals surface area contributed by atoms with Crippen LogP contribution in [0.3, 0.4) is 0 Å². The lowest BCUT2D eigenvalue weighted by atomic mass is 9.79. The lowest BCUT2D eigenvalue weighted by molar-refractivity contribution is -0.127. The van der Waals surface area contributed by atoms with Crippen molar-refractivity contribution in [2.75, 3.05) is 13.1 Å². The Morgan fingerprint density at radius 3 is 2.76 bits per heavy atom. The molecule has 0 radical (unpaired) electrons. The van der Waals surface area contributed by atoms with E-state index in [0.29, 0.717) is 17.7 Å². The molecular weight excluding hydrogens is 210 g/mol. The molecule has 1 saturated heterocycles. The number of hydrogen-bond donors (Lipinski definition) is 0. The number of Topliss-reactive ketones (excluding diaryl/α,β-unsaturated/α-hetero) is 1. The van der Waals surface area contributed by atoms with Crippen LogP contribution in [0.25, 0.3) is 0 Å². The van der Waals surface area contributed by atoms with Gasteiger partial charge in [-0.25, -0.2) is 0 Å². The van der Waals surface area contributed by atoms with Gasteiger partial charge in [0.15, 0.2) is 0 Å². The maximum Gasteiger partial charge on any atom is 0.137 e. The van der Waals surface area contributed by atoms with Crippen molar-refractivity contribution < 1.29 is 4.79 Å². The summed E-state index contributed by atoms with van der Waals surface area (Å²) < 4.78 is 0. The van der Waals surface area contributed by atoms with Crippen molar-refractivity contribution >= 4 is 5.78 Å². The molecule has 2 fully saturated rings. The number of nitrogens with zero attached hydrogens (tertiary/aromatic N) is 1. The molecule has 1 heterocycles. The predicted molar refractivity (Wildman–Crippen MR) is 71.0 cm³/mol. The van der Waals surface area contributed by atoms with Crippen molar-refractivity contribution in [3.05, 3.63) is 12.2 Å². The second-order valence-corrected chi connectivity index (χ2v) is 5.81. The zero-order chi connectivity index (χ0) is 12.3. The molecule has 2 unspecified atom stereocenters. The average molecular weight is 235 g/mol. The molecule has 0 N–H and O–H groups in total. The molecule has 2 aliphatic rings. The third kappa shape index (κ3) is 3.19. The number of piperidine rings is 1. The Morgan fingerprint density at radius 1 is 1.29 bits per heavy atom. The fourth-order valence-electron chi connectivity index (χ4n) is 3.43. The van der Waals surface area contributed by atoms with E-state index < -0.39 is 0 Å². The monoisotopic (exact) mass is 235 g/mol. The summed E-state index contributed by atoms with van der Waals surface area (Å²) in [5.41, 5.74) is 1.22. The Morgan fingerprint density at radius 2 is 2.06 bits per heavy atom. The van der Waals surface area contributed by atoms with Crippen molar-refractivity contribution in [1.82, 2.24) is 4.90 Å². The van der Waals surface area contributed by atoms with E-state index in [1.807, 2.05) is 0 Å². The van der Waals surface area contributed by atoms with Crippen molar-refractivity contribution in [3.8, 4) is 0 Å². The number of rotatable bonds is 3. The Kier molecular flexibility index (Phi) is 4.38. The zero-order valence-corrected chi connectivity index (χ0v) is 11.1. The van der Waals surface area contributed by atoms with Gasteiger partial charge in [-0.3, -0.25) is 9.69 Å². The Labute approximate surface area is 105 Å². The highest BCUT2D eigenvalue weighted by molar-refractivity contribution is 5.82. The van der Waals surface area contributed by atoms with Crippen LogP contribution in [-0.4, -0.2) is 29.8 Å². The maximum absolute atomic E-state index is 12.1. The van der Waals surface area contributed by atoms with Crippen LogP contribution in [0.5, 0.6) is 0 Å². The first-order valence-electron chi connectivity index (χ1n) is 7.09. The predicted octanol–water partition coefficient (Wildman–Crippen LogP) is 3.18. The summed E-state index contributed by atoms with van der Waals surface area (Å²) >= 11 is 0. The Bertz CT molecular complexity index is 297. The summed E-state index contributed by atoms with van der Waals surface area (Å²) in [6, 6.07) is 0.508. The topological polar surface area (TPSA) is 20.3 Å². The van der Waals surface area contributed by atoms with Crippen LogP contribution >= 0.6 is 0 Å². The van der Waals surface area contributed by atoms with Gasteiger partial charge in [-0.15, -0.1) is 0 Å². The smallest absolute Gasteiger partial charge is 0.137 e. The third-order valence-electron chi connectivity index (χ3n) is 4.20. The van der Waals surface area contributed by atoms with Gasteiger partial charge in [0.25, 0.3) is 0 Å². The molecule has 1 aliphatic heterocycles. The fourth-order valence-corrected chi connectivity index (χ4v) is 3.43. The number of carbonyl (C=O) groups is 1. The molecule has 0 aromatic carbocycles. The second kappa shape index (κ2) is 5.81. The van der Waals surface area contributed by atoms with E-state index >= 15 is 0 Å². The molecule has 1 saturated carbocycles. The standard InChI is InChI=1S/C15H25NO/c1-12(2)11-16-10-6-5-8-14(16)13-7-3-4-9-15(13)17/h13-14H,1,3-11H2,2H3. The van der Waals surface area contributed by atoms with Crippen molar-refractivity contribution in [2.45, 2.75) is 57.9 Å². The molecule has 1 aliphatic carbocycles. The Hall–Kier alpha value is -0.630. The van der Waals surface area contributed by atoms with Gasteiger partial charge < -0.3 is 0 Å². The average Bonchev–Trinajstić information content (AvgIpc) is 2.30.